The van der Waals surface area contributed by atoms with Crippen LogP contribution >= 0.6 is 0 Å². The average Bonchev–Trinajstić information content (AvgIpc) is 2.64. The summed E-state index contributed by atoms with van der Waals surface area (Å²) in [5.74, 6) is 0.472. The Kier molecular flexibility index (Phi) is 6.20. The van der Waals surface area contributed by atoms with Gasteiger partial charge in [0.25, 0.3) is 0 Å². The summed E-state index contributed by atoms with van der Waals surface area (Å²) in [6.45, 7) is 2.17. The van der Waals surface area contributed by atoms with Crippen LogP contribution in [-0.4, -0.2) is 44.7 Å². The number of urea groups is 1. The molecule has 2 aromatic rings. The van der Waals surface area contributed by atoms with E-state index >= 15 is 0 Å². The molecule has 0 fully saturated rings. The molecule has 8 heteroatoms. The molecule has 0 aliphatic rings. The summed E-state index contributed by atoms with van der Waals surface area (Å²) in [7, 11) is -0.0232. The van der Waals surface area contributed by atoms with Crippen molar-refractivity contribution in [2.45, 2.75) is 24.4 Å². The number of hydrogen-bond donors (Lipinski definition) is 1. The van der Waals surface area contributed by atoms with Crippen LogP contribution in [0, 0.1) is 0 Å². The lowest BCUT2D eigenvalue weighted by Crippen LogP contribution is -2.38. The SMILES string of the molecule is COc1ncccc1CNC(=O)N(C)C(C)c1ccc(S(C)(=O)=O)cc1. The summed E-state index contributed by atoms with van der Waals surface area (Å²) in [6.07, 6.45) is 2.79. The number of benzene rings is 1. The van der Waals surface area contributed by atoms with E-state index in [0.717, 1.165) is 17.4 Å². The first kappa shape index (κ1) is 19.7. The minimum Gasteiger partial charge on any atom is -0.481 e. The van der Waals surface area contributed by atoms with Gasteiger partial charge in [0.05, 0.1) is 18.0 Å². The van der Waals surface area contributed by atoms with Crippen molar-refractivity contribution in [2.75, 3.05) is 20.4 Å². The van der Waals surface area contributed by atoms with Crippen molar-refractivity contribution >= 4 is 15.9 Å². The minimum absolute atomic E-state index is 0.223. The third-order valence-electron chi connectivity index (χ3n) is 4.17. The number of rotatable bonds is 6. The summed E-state index contributed by atoms with van der Waals surface area (Å²) in [5, 5.41) is 2.83. The van der Waals surface area contributed by atoms with Crippen molar-refractivity contribution in [3.63, 3.8) is 0 Å². The highest BCUT2D eigenvalue weighted by atomic mass is 32.2. The van der Waals surface area contributed by atoms with Gasteiger partial charge in [0, 0.05) is 31.6 Å². The standard InChI is InChI=1S/C18H23N3O4S/c1-13(14-7-9-16(10-8-14)26(4,23)24)21(2)18(22)20-12-15-6-5-11-19-17(15)25-3/h5-11,13H,12H2,1-4H3,(H,20,22). The van der Waals surface area contributed by atoms with Crippen LogP contribution in [0.3, 0.4) is 0 Å². The minimum atomic E-state index is -3.24. The number of aromatic nitrogens is 1. The summed E-state index contributed by atoms with van der Waals surface area (Å²) in [4.78, 5) is 18.3. The van der Waals surface area contributed by atoms with E-state index in [-0.39, 0.29) is 17.0 Å². The molecular weight excluding hydrogens is 354 g/mol. The molecule has 140 valence electrons. The van der Waals surface area contributed by atoms with Crippen molar-refractivity contribution in [1.82, 2.24) is 15.2 Å². The maximum atomic E-state index is 12.4. The van der Waals surface area contributed by atoms with Crippen LogP contribution in [0.1, 0.15) is 24.1 Å². The molecule has 0 saturated heterocycles. The molecule has 1 N–H and O–H groups in total. The lowest BCUT2D eigenvalue weighted by molar-refractivity contribution is 0.194. The van der Waals surface area contributed by atoms with Gasteiger partial charge in [-0.25, -0.2) is 18.2 Å². The monoisotopic (exact) mass is 377 g/mol. The van der Waals surface area contributed by atoms with Crippen LogP contribution in [0.2, 0.25) is 0 Å². The van der Waals surface area contributed by atoms with Gasteiger partial charge in [-0.1, -0.05) is 18.2 Å². The number of carbonyl (C=O) groups is 1. The maximum Gasteiger partial charge on any atom is 0.317 e. The molecule has 2 rings (SSSR count). The smallest absolute Gasteiger partial charge is 0.317 e. The molecule has 2 amide bonds. The van der Waals surface area contributed by atoms with Crippen LogP contribution in [0.25, 0.3) is 0 Å². The number of sulfone groups is 1. The van der Waals surface area contributed by atoms with Gasteiger partial charge in [-0.2, -0.15) is 0 Å². The van der Waals surface area contributed by atoms with Crippen molar-refractivity contribution < 1.29 is 17.9 Å². The topological polar surface area (TPSA) is 88.6 Å². The maximum absolute atomic E-state index is 12.4. The molecular formula is C18H23N3O4S. The quantitative estimate of drug-likeness (QED) is 0.835. The highest BCUT2D eigenvalue weighted by Gasteiger charge is 2.18. The Hall–Kier alpha value is -2.61. The average molecular weight is 377 g/mol. The van der Waals surface area contributed by atoms with Gasteiger partial charge in [0.1, 0.15) is 0 Å². The fourth-order valence-electron chi connectivity index (χ4n) is 2.43. The number of amides is 2. The molecule has 0 radical (unpaired) electrons. The molecule has 7 nitrogen and oxygen atoms in total. The highest BCUT2D eigenvalue weighted by molar-refractivity contribution is 7.90. The molecule has 0 spiro atoms. The van der Waals surface area contributed by atoms with Gasteiger partial charge >= 0.3 is 6.03 Å². The van der Waals surface area contributed by atoms with Crippen molar-refractivity contribution in [1.29, 1.82) is 0 Å². The molecule has 1 atom stereocenters. The van der Waals surface area contributed by atoms with E-state index in [9.17, 15) is 13.2 Å². The molecule has 0 aliphatic carbocycles. The number of nitrogens with zero attached hydrogens (tertiary/aromatic N) is 2. The van der Waals surface area contributed by atoms with Gasteiger partial charge in [-0.05, 0) is 30.7 Å². The Bertz CT molecular complexity index is 866. The van der Waals surface area contributed by atoms with Crippen molar-refractivity contribution in [2.24, 2.45) is 0 Å². The van der Waals surface area contributed by atoms with E-state index in [0.29, 0.717) is 12.4 Å². The molecule has 0 bridgehead atoms. The molecule has 0 aliphatic heterocycles. The third kappa shape index (κ3) is 4.72. The first-order valence-electron chi connectivity index (χ1n) is 8.02. The van der Waals surface area contributed by atoms with E-state index in [1.165, 1.54) is 7.11 Å². The second kappa shape index (κ2) is 8.18. The summed E-state index contributed by atoms with van der Waals surface area (Å²) in [6, 6.07) is 9.67. The summed E-state index contributed by atoms with van der Waals surface area (Å²) in [5.41, 5.74) is 1.62. The van der Waals surface area contributed by atoms with E-state index in [1.807, 2.05) is 13.0 Å². The fourth-order valence-corrected chi connectivity index (χ4v) is 3.06. The molecule has 1 heterocycles. The van der Waals surface area contributed by atoms with Gasteiger partial charge in [0.2, 0.25) is 5.88 Å². The van der Waals surface area contributed by atoms with Crippen molar-refractivity contribution in [3.05, 3.63) is 53.7 Å². The van der Waals surface area contributed by atoms with E-state index in [4.69, 9.17) is 4.74 Å². The molecule has 1 aromatic heterocycles. The van der Waals surface area contributed by atoms with Crippen molar-refractivity contribution in [3.8, 4) is 5.88 Å². The lowest BCUT2D eigenvalue weighted by Gasteiger charge is -2.26. The number of nitrogens with one attached hydrogen (secondary N) is 1. The van der Waals surface area contributed by atoms with E-state index in [1.54, 1.807) is 48.5 Å². The largest absolute Gasteiger partial charge is 0.481 e. The first-order chi connectivity index (χ1) is 12.2. The lowest BCUT2D eigenvalue weighted by atomic mass is 10.1. The van der Waals surface area contributed by atoms with E-state index < -0.39 is 9.84 Å². The summed E-state index contributed by atoms with van der Waals surface area (Å²) >= 11 is 0. The zero-order valence-corrected chi connectivity index (χ0v) is 16.1. The predicted molar refractivity (Wildman–Crippen MR) is 98.8 cm³/mol. The molecule has 1 aromatic carbocycles. The van der Waals surface area contributed by atoms with Gasteiger partial charge < -0.3 is 15.0 Å². The Morgan fingerprint density at radius 1 is 1.27 bits per heavy atom. The normalized spacial score (nSPS) is 12.3. The Labute approximate surface area is 153 Å². The number of pyridine rings is 1. The van der Waals surface area contributed by atoms with Crippen LogP contribution in [-0.2, 0) is 16.4 Å². The Morgan fingerprint density at radius 3 is 2.50 bits per heavy atom. The number of carbonyl (C=O) groups excluding carboxylic acids is 1. The number of hydrogen-bond acceptors (Lipinski definition) is 5. The first-order valence-corrected chi connectivity index (χ1v) is 9.91. The zero-order valence-electron chi connectivity index (χ0n) is 15.3. The third-order valence-corrected chi connectivity index (χ3v) is 5.29. The van der Waals surface area contributed by atoms with Crippen LogP contribution in [0.15, 0.2) is 47.5 Å². The molecule has 26 heavy (non-hydrogen) atoms. The van der Waals surface area contributed by atoms with Crippen LogP contribution in [0.5, 0.6) is 5.88 Å². The van der Waals surface area contributed by atoms with Gasteiger partial charge in [0.15, 0.2) is 9.84 Å². The summed E-state index contributed by atoms with van der Waals surface area (Å²) < 4.78 is 28.2. The Morgan fingerprint density at radius 2 is 1.92 bits per heavy atom. The van der Waals surface area contributed by atoms with Gasteiger partial charge in [-0.3, -0.25) is 0 Å². The number of methoxy groups -OCH3 is 1. The molecule has 0 saturated carbocycles. The second-order valence-corrected chi connectivity index (χ2v) is 7.97. The number of ether oxygens (including phenoxy) is 1. The van der Waals surface area contributed by atoms with E-state index in [2.05, 4.69) is 10.3 Å². The highest BCUT2D eigenvalue weighted by Crippen LogP contribution is 2.21. The van der Waals surface area contributed by atoms with Crippen LogP contribution in [0.4, 0.5) is 4.79 Å². The zero-order chi connectivity index (χ0) is 19.3. The second-order valence-electron chi connectivity index (χ2n) is 5.96. The molecule has 1 unspecified atom stereocenters. The predicted octanol–water partition coefficient (Wildman–Crippen LogP) is 2.40. The van der Waals surface area contributed by atoms with Crippen LogP contribution < -0.4 is 10.1 Å². The fraction of sp³-hybridized carbons (Fsp3) is 0.333. The van der Waals surface area contributed by atoms with Gasteiger partial charge in [-0.15, -0.1) is 0 Å². The Balaban J connectivity index is 2.03.